The molecule has 2 rings (SSSR count). The predicted molar refractivity (Wildman–Crippen MR) is 58.6 cm³/mol. The Morgan fingerprint density at radius 2 is 1.80 bits per heavy atom. The molecule has 1 spiro atoms. The molecule has 0 aliphatic carbocycles. The van der Waals surface area contributed by atoms with E-state index in [0.717, 1.165) is 32.4 Å². The number of carbonyl (C=O) groups excluding carboxylic acids is 1. The molecule has 0 aromatic carbocycles. The molecule has 0 bridgehead atoms. The first-order chi connectivity index (χ1) is 6.91. The highest BCUT2D eigenvalue weighted by Gasteiger charge is 2.43. The van der Waals surface area contributed by atoms with E-state index in [1.807, 2.05) is 0 Å². The number of rotatable bonds is 0. The Labute approximate surface area is 91.8 Å². The molecule has 0 unspecified atom stereocenters. The van der Waals surface area contributed by atoms with Gasteiger partial charge in [-0.1, -0.05) is 0 Å². The van der Waals surface area contributed by atoms with Gasteiger partial charge in [0.05, 0.1) is 0 Å². The number of hydrogen-bond acceptors (Lipinski definition) is 3. The van der Waals surface area contributed by atoms with Crippen molar-refractivity contribution in [3.05, 3.63) is 0 Å². The lowest BCUT2D eigenvalue weighted by Gasteiger charge is -2.44. The standard InChI is InChI=1S/C12H21NO2/c1-11(2,3)13-8-6-12(7-9-13)5-4-10(14)15-12/h4-9H2,1-3H3. The summed E-state index contributed by atoms with van der Waals surface area (Å²) in [4.78, 5) is 13.6. The monoisotopic (exact) mass is 211 g/mol. The Kier molecular flexibility index (Phi) is 2.53. The average Bonchev–Trinajstić information content (AvgIpc) is 2.47. The molecule has 2 aliphatic heterocycles. The van der Waals surface area contributed by atoms with Crippen LogP contribution in [0.4, 0.5) is 0 Å². The Balaban J connectivity index is 1.95. The molecule has 0 amide bonds. The Bertz CT molecular complexity index is 259. The number of esters is 1. The van der Waals surface area contributed by atoms with Gasteiger partial charge in [0.2, 0.25) is 0 Å². The molecule has 0 aromatic rings. The van der Waals surface area contributed by atoms with Gasteiger partial charge < -0.3 is 4.74 Å². The van der Waals surface area contributed by atoms with Crippen molar-refractivity contribution in [2.75, 3.05) is 13.1 Å². The van der Waals surface area contributed by atoms with Gasteiger partial charge in [-0.05, 0) is 27.2 Å². The Morgan fingerprint density at radius 1 is 1.20 bits per heavy atom. The lowest BCUT2D eigenvalue weighted by molar-refractivity contribution is -0.152. The van der Waals surface area contributed by atoms with Gasteiger partial charge in [0, 0.05) is 37.9 Å². The molecular weight excluding hydrogens is 190 g/mol. The smallest absolute Gasteiger partial charge is 0.306 e. The quantitative estimate of drug-likeness (QED) is 0.574. The van der Waals surface area contributed by atoms with Gasteiger partial charge in [0.15, 0.2) is 0 Å². The van der Waals surface area contributed by atoms with Crippen LogP contribution in [0.25, 0.3) is 0 Å². The first kappa shape index (κ1) is 10.9. The minimum atomic E-state index is -0.0984. The second kappa shape index (κ2) is 3.48. The average molecular weight is 211 g/mol. The molecule has 0 atom stereocenters. The van der Waals surface area contributed by atoms with Gasteiger partial charge in [-0.3, -0.25) is 9.69 Å². The lowest BCUT2D eigenvalue weighted by Crippen LogP contribution is -2.51. The minimum absolute atomic E-state index is 0.000733. The maximum Gasteiger partial charge on any atom is 0.306 e. The van der Waals surface area contributed by atoms with Crippen molar-refractivity contribution in [3.8, 4) is 0 Å². The van der Waals surface area contributed by atoms with Crippen LogP contribution in [0.15, 0.2) is 0 Å². The minimum Gasteiger partial charge on any atom is -0.459 e. The SMILES string of the molecule is CC(C)(C)N1CCC2(CCC(=O)O2)CC1. The Morgan fingerprint density at radius 3 is 2.20 bits per heavy atom. The fourth-order valence-corrected chi connectivity index (χ4v) is 2.61. The van der Waals surface area contributed by atoms with E-state index in [9.17, 15) is 4.79 Å². The normalized spacial score (nSPS) is 27.0. The van der Waals surface area contributed by atoms with Crippen molar-refractivity contribution in [1.29, 1.82) is 0 Å². The third-order valence-electron chi connectivity index (χ3n) is 3.74. The van der Waals surface area contributed by atoms with Crippen LogP contribution in [0.2, 0.25) is 0 Å². The maximum atomic E-state index is 11.2. The van der Waals surface area contributed by atoms with Crippen molar-refractivity contribution < 1.29 is 9.53 Å². The molecule has 0 saturated carbocycles. The second-order valence-corrected chi connectivity index (χ2v) is 5.81. The first-order valence-electron chi connectivity index (χ1n) is 5.88. The van der Waals surface area contributed by atoms with E-state index in [4.69, 9.17) is 4.74 Å². The van der Waals surface area contributed by atoms with Crippen LogP contribution >= 0.6 is 0 Å². The number of hydrogen-bond donors (Lipinski definition) is 0. The van der Waals surface area contributed by atoms with E-state index in [1.54, 1.807) is 0 Å². The molecular formula is C12H21NO2. The van der Waals surface area contributed by atoms with Crippen LogP contribution in [0, 0.1) is 0 Å². The molecule has 2 aliphatic rings. The van der Waals surface area contributed by atoms with Gasteiger partial charge in [0.1, 0.15) is 5.60 Å². The van der Waals surface area contributed by atoms with Crippen LogP contribution in [0.1, 0.15) is 46.5 Å². The molecule has 0 N–H and O–H groups in total. The van der Waals surface area contributed by atoms with Crippen LogP contribution < -0.4 is 0 Å². The van der Waals surface area contributed by atoms with Crippen LogP contribution in [-0.2, 0) is 9.53 Å². The molecule has 0 radical (unpaired) electrons. The van der Waals surface area contributed by atoms with Crippen molar-refractivity contribution in [1.82, 2.24) is 4.90 Å². The largest absolute Gasteiger partial charge is 0.459 e. The summed E-state index contributed by atoms with van der Waals surface area (Å²) in [5.74, 6) is -0.000733. The zero-order valence-electron chi connectivity index (χ0n) is 10.0. The van der Waals surface area contributed by atoms with Crippen molar-refractivity contribution >= 4 is 5.97 Å². The van der Waals surface area contributed by atoms with Gasteiger partial charge in [-0.25, -0.2) is 0 Å². The summed E-state index contributed by atoms with van der Waals surface area (Å²) >= 11 is 0. The third kappa shape index (κ3) is 2.17. The summed E-state index contributed by atoms with van der Waals surface area (Å²) < 4.78 is 5.49. The molecule has 2 saturated heterocycles. The van der Waals surface area contributed by atoms with Crippen LogP contribution in [0.5, 0.6) is 0 Å². The van der Waals surface area contributed by atoms with Crippen LogP contribution in [-0.4, -0.2) is 35.1 Å². The van der Waals surface area contributed by atoms with Crippen molar-refractivity contribution in [2.24, 2.45) is 0 Å². The third-order valence-corrected chi connectivity index (χ3v) is 3.74. The molecule has 15 heavy (non-hydrogen) atoms. The van der Waals surface area contributed by atoms with Gasteiger partial charge in [0.25, 0.3) is 0 Å². The maximum absolute atomic E-state index is 11.2. The summed E-state index contributed by atoms with van der Waals surface area (Å²) in [6.45, 7) is 8.83. The molecule has 0 aromatic heterocycles. The van der Waals surface area contributed by atoms with Crippen molar-refractivity contribution in [2.45, 2.75) is 57.6 Å². The van der Waals surface area contributed by atoms with Gasteiger partial charge in [-0.15, -0.1) is 0 Å². The number of nitrogens with zero attached hydrogens (tertiary/aromatic N) is 1. The second-order valence-electron chi connectivity index (χ2n) is 5.81. The predicted octanol–water partition coefficient (Wildman–Crippen LogP) is 1.96. The summed E-state index contributed by atoms with van der Waals surface area (Å²) in [7, 11) is 0. The highest BCUT2D eigenvalue weighted by Crippen LogP contribution is 2.37. The summed E-state index contributed by atoms with van der Waals surface area (Å²) in [5.41, 5.74) is 0.142. The highest BCUT2D eigenvalue weighted by atomic mass is 16.6. The number of carbonyl (C=O) groups is 1. The van der Waals surface area contributed by atoms with E-state index >= 15 is 0 Å². The molecule has 2 heterocycles. The molecule has 3 heteroatoms. The zero-order chi connectivity index (χ0) is 11.1. The molecule has 3 nitrogen and oxygen atoms in total. The topological polar surface area (TPSA) is 29.5 Å². The van der Waals surface area contributed by atoms with E-state index in [2.05, 4.69) is 25.7 Å². The molecule has 2 fully saturated rings. The van der Waals surface area contributed by atoms with Crippen molar-refractivity contribution in [3.63, 3.8) is 0 Å². The first-order valence-corrected chi connectivity index (χ1v) is 5.88. The van der Waals surface area contributed by atoms with E-state index in [1.165, 1.54) is 0 Å². The lowest BCUT2D eigenvalue weighted by atomic mass is 9.87. The fraction of sp³-hybridized carbons (Fsp3) is 0.917. The number of likely N-dealkylation sites (tertiary alicyclic amines) is 1. The molecule has 86 valence electrons. The van der Waals surface area contributed by atoms with E-state index in [-0.39, 0.29) is 17.1 Å². The number of ether oxygens (including phenoxy) is 1. The number of piperidine rings is 1. The van der Waals surface area contributed by atoms with E-state index in [0.29, 0.717) is 6.42 Å². The van der Waals surface area contributed by atoms with Crippen LogP contribution in [0.3, 0.4) is 0 Å². The highest BCUT2D eigenvalue weighted by molar-refractivity contribution is 5.72. The summed E-state index contributed by atoms with van der Waals surface area (Å²) in [6, 6.07) is 0. The summed E-state index contributed by atoms with van der Waals surface area (Å²) in [6.07, 6.45) is 3.57. The van der Waals surface area contributed by atoms with Gasteiger partial charge >= 0.3 is 5.97 Å². The Hall–Kier alpha value is -0.570. The van der Waals surface area contributed by atoms with E-state index < -0.39 is 0 Å². The van der Waals surface area contributed by atoms with Gasteiger partial charge in [-0.2, -0.15) is 0 Å². The summed E-state index contributed by atoms with van der Waals surface area (Å²) in [5, 5.41) is 0. The zero-order valence-corrected chi connectivity index (χ0v) is 10.0. The fourth-order valence-electron chi connectivity index (χ4n) is 2.61.